The summed E-state index contributed by atoms with van der Waals surface area (Å²) in [4.78, 5) is 20.1. The smallest absolute Gasteiger partial charge is 0.382 e. The van der Waals surface area contributed by atoms with Crippen LogP contribution in [0.2, 0.25) is 10.0 Å². The first-order valence-electron chi connectivity index (χ1n) is 12.7. The normalized spacial score (nSPS) is 16.2. The van der Waals surface area contributed by atoms with Crippen LogP contribution in [0.4, 0.5) is 19.1 Å². The molecule has 2 aromatic heterocycles. The fraction of sp³-hybridized carbons (Fsp3) is 0.385. The van der Waals surface area contributed by atoms with Crippen molar-refractivity contribution in [1.82, 2.24) is 34.4 Å². The maximum Gasteiger partial charge on any atom is 0.416 e. The van der Waals surface area contributed by atoms with Gasteiger partial charge in [-0.05, 0) is 50.2 Å². The molecule has 10 nitrogen and oxygen atoms in total. The minimum atomic E-state index is -4.93. The zero-order valence-corrected chi connectivity index (χ0v) is 23.6. The molecule has 1 aliphatic heterocycles. The first-order chi connectivity index (χ1) is 19.3. The number of alkyl halides is 3. The molecule has 41 heavy (non-hydrogen) atoms. The number of hydrogen-bond donors (Lipinski definition) is 2. The molecule has 0 bridgehead atoms. The number of para-hydroxylation sites is 1. The number of anilines is 1. The third-order valence-electron chi connectivity index (χ3n) is 6.62. The molecule has 0 saturated carbocycles. The van der Waals surface area contributed by atoms with Crippen molar-refractivity contribution in [3.8, 4) is 17.1 Å². The molecule has 1 unspecified atom stereocenters. The molecule has 1 saturated heterocycles. The van der Waals surface area contributed by atoms with Crippen LogP contribution >= 0.6 is 23.2 Å². The van der Waals surface area contributed by atoms with Gasteiger partial charge < -0.3 is 15.3 Å². The van der Waals surface area contributed by atoms with Gasteiger partial charge in [0.05, 0.1) is 17.3 Å². The van der Waals surface area contributed by atoms with E-state index in [2.05, 4.69) is 34.3 Å². The number of nitrogens with one attached hydrogen (secondary N) is 1. The molecule has 15 heteroatoms. The van der Waals surface area contributed by atoms with Gasteiger partial charge in [-0.25, -0.2) is 9.48 Å². The number of aromatic nitrogens is 6. The van der Waals surface area contributed by atoms with E-state index in [4.69, 9.17) is 28.2 Å². The average molecular weight is 611 g/mol. The number of halogens is 5. The van der Waals surface area contributed by atoms with E-state index in [9.17, 15) is 23.1 Å². The molecule has 2 aromatic carbocycles. The predicted octanol–water partition coefficient (Wildman–Crippen LogP) is 3.76. The van der Waals surface area contributed by atoms with Gasteiger partial charge in [0.2, 0.25) is 5.95 Å². The van der Waals surface area contributed by atoms with Crippen LogP contribution in [0.25, 0.3) is 17.1 Å². The molecule has 4 aromatic rings. The molecule has 5 rings (SSSR count). The number of hydrogen-bond acceptors (Lipinski definition) is 7. The lowest BCUT2D eigenvalue weighted by Crippen LogP contribution is -2.57. The molecule has 0 aliphatic carbocycles. The molecule has 3 heterocycles. The fourth-order valence-electron chi connectivity index (χ4n) is 4.65. The standard InChI is InChI=1S/C26H27Cl2F3N8O2/c1-25(2)15-36(12-11-32-25)23-33-21(34-39(23)19-6-4-3-5-18(19)28)14-38-24(41)37(13-20(40)26(29,30)31)22(35-38)16-7-9-17(27)10-8-16/h3-10,20,32,40H,11-15H2,1-2H3. The lowest BCUT2D eigenvalue weighted by molar-refractivity contribution is -0.207. The van der Waals surface area contributed by atoms with Gasteiger partial charge in [0, 0.05) is 35.8 Å². The molecule has 2 N–H and O–H groups in total. The molecule has 0 amide bonds. The Bertz CT molecular complexity index is 1600. The fourth-order valence-corrected chi connectivity index (χ4v) is 4.99. The minimum Gasteiger partial charge on any atom is -0.382 e. The van der Waals surface area contributed by atoms with Crippen LogP contribution in [0, 0.1) is 0 Å². The maximum absolute atomic E-state index is 13.4. The molecule has 0 spiro atoms. The summed E-state index contributed by atoms with van der Waals surface area (Å²) in [5, 5.41) is 23.0. The highest BCUT2D eigenvalue weighted by Crippen LogP contribution is 2.27. The van der Waals surface area contributed by atoms with Gasteiger partial charge in [-0.3, -0.25) is 4.57 Å². The van der Waals surface area contributed by atoms with Crippen LogP contribution < -0.4 is 15.9 Å². The highest BCUT2D eigenvalue weighted by molar-refractivity contribution is 6.32. The Kier molecular flexibility index (Phi) is 7.90. The van der Waals surface area contributed by atoms with E-state index >= 15 is 0 Å². The third-order valence-corrected chi connectivity index (χ3v) is 7.19. The van der Waals surface area contributed by atoms with Crippen molar-refractivity contribution in [1.29, 1.82) is 0 Å². The second-order valence-corrected chi connectivity index (χ2v) is 11.2. The zero-order valence-electron chi connectivity index (χ0n) is 22.1. The van der Waals surface area contributed by atoms with Gasteiger partial charge >= 0.3 is 11.9 Å². The molecule has 0 radical (unpaired) electrons. The van der Waals surface area contributed by atoms with Crippen molar-refractivity contribution in [2.75, 3.05) is 24.5 Å². The van der Waals surface area contributed by atoms with Gasteiger partial charge in [0.25, 0.3) is 0 Å². The van der Waals surface area contributed by atoms with Gasteiger partial charge in [-0.15, -0.1) is 10.2 Å². The summed E-state index contributed by atoms with van der Waals surface area (Å²) in [7, 11) is 0. The highest BCUT2D eigenvalue weighted by atomic mass is 35.5. The number of rotatable bonds is 7. The number of benzene rings is 2. The lowest BCUT2D eigenvalue weighted by atomic mass is 10.0. The Balaban J connectivity index is 1.57. The van der Waals surface area contributed by atoms with Gasteiger partial charge in [-0.1, -0.05) is 35.3 Å². The summed E-state index contributed by atoms with van der Waals surface area (Å²) in [6.45, 7) is 4.80. The topological polar surface area (TPSA) is 106 Å². The second-order valence-electron chi connectivity index (χ2n) is 10.4. The maximum atomic E-state index is 13.4. The molecular weight excluding hydrogens is 584 g/mol. The molecular formula is C26H27Cl2F3N8O2. The minimum absolute atomic E-state index is 0.0652. The molecule has 1 fully saturated rings. The first kappa shape index (κ1) is 29.1. The van der Waals surface area contributed by atoms with Crippen molar-refractivity contribution in [3.63, 3.8) is 0 Å². The predicted molar refractivity (Wildman–Crippen MR) is 149 cm³/mol. The molecule has 1 atom stereocenters. The Morgan fingerprint density at radius 2 is 1.80 bits per heavy atom. The lowest BCUT2D eigenvalue weighted by Gasteiger charge is -2.39. The molecule has 218 valence electrons. The van der Waals surface area contributed by atoms with Crippen LogP contribution in [0.5, 0.6) is 0 Å². The highest BCUT2D eigenvalue weighted by Gasteiger charge is 2.39. The first-order valence-corrected chi connectivity index (χ1v) is 13.5. The average Bonchev–Trinajstić information content (AvgIpc) is 3.45. The Morgan fingerprint density at radius 3 is 2.46 bits per heavy atom. The summed E-state index contributed by atoms with van der Waals surface area (Å²) in [5.41, 5.74) is -0.152. The summed E-state index contributed by atoms with van der Waals surface area (Å²) >= 11 is 12.5. The van der Waals surface area contributed by atoms with E-state index < -0.39 is 24.5 Å². The monoisotopic (exact) mass is 610 g/mol. The molecule has 1 aliphatic rings. The van der Waals surface area contributed by atoms with Gasteiger partial charge in [0.1, 0.15) is 6.54 Å². The van der Waals surface area contributed by atoms with E-state index in [1.807, 2.05) is 6.07 Å². The summed E-state index contributed by atoms with van der Waals surface area (Å²) < 4.78 is 43.0. The van der Waals surface area contributed by atoms with E-state index in [1.165, 1.54) is 24.3 Å². The van der Waals surface area contributed by atoms with Crippen LogP contribution in [-0.4, -0.2) is 71.7 Å². The van der Waals surface area contributed by atoms with Crippen LogP contribution in [0.15, 0.2) is 53.3 Å². The van der Waals surface area contributed by atoms with Crippen molar-refractivity contribution >= 4 is 29.2 Å². The Hall–Kier alpha value is -3.39. The summed E-state index contributed by atoms with van der Waals surface area (Å²) in [6, 6.07) is 13.2. The van der Waals surface area contributed by atoms with Crippen LogP contribution in [-0.2, 0) is 13.1 Å². The summed E-state index contributed by atoms with van der Waals surface area (Å²) in [5.74, 6) is 0.632. The zero-order chi connectivity index (χ0) is 29.5. The van der Waals surface area contributed by atoms with Crippen molar-refractivity contribution in [2.45, 2.75) is 44.8 Å². The van der Waals surface area contributed by atoms with Crippen molar-refractivity contribution < 1.29 is 18.3 Å². The van der Waals surface area contributed by atoms with Gasteiger partial charge in [0.15, 0.2) is 17.8 Å². The van der Waals surface area contributed by atoms with Crippen molar-refractivity contribution in [3.05, 3.63) is 74.9 Å². The van der Waals surface area contributed by atoms with E-state index in [0.29, 0.717) is 46.9 Å². The number of aliphatic hydroxyl groups is 1. The number of piperazine rings is 1. The van der Waals surface area contributed by atoms with Crippen LogP contribution in [0.3, 0.4) is 0 Å². The van der Waals surface area contributed by atoms with Crippen molar-refractivity contribution in [2.24, 2.45) is 0 Å². The van der Waals surface area contributed by atoms with E-state index in [-0.39, 0.29) is 23.7 Å². The quantitative estimate of drug-likeness (QED) is 0.328. The van der Waals surface area contributed by atoms with Gasteiger partial charge in [-0.2, -0.15) is 22.8 Å². The summed E-state index contributed by atoms with van der Waals surface area (Å²) in [6.07, 6.45) is -7.70. The third kappa shape index (κ3) is 6.27. The van der Waals surface area contributed by atoms with Crippen LogP contribution in [0.1, 0.15) is 19.7 Å². The Morgan fingerprint density at radius 1 is 1.10 bits per heavy atom. The number of nitrogens with zero attached hydrogens (tertiary/aromatic N) is 7. The number of aliphatic hydroxyl groups excluding tert-OH is 1. The largest absolute Gasteiger partial charge is 0.416 e. The second kappa shape index (κ2) is 11.1. The van der Waals surface area contributed by atoms with E-state index in [1.54, 1.807) is 22.9 Å². The SMILES string of the molecule is CC1(C)CN(c2nc(Cn3nc(-c4ccc(Cl)cc4)n(CC(O)C(F)(F)F)c3=O)nn2-c2ccccc2Cl)CCN1. The Labute approximate surface area is 242 Å². The van der Waals surface area contributed by atoms with E-state index in [0.717, 1.165) is 9.25 Å².